The fourth-order valence-corrected chi connectivity index (χ4v) is 1.80. The maximum atomic E-state index is 12.0. The van der Waals surface area contributed by atoms with Crippen LogP contribution in [0.25, 0.3) is 0 Å². The quantitative estimate of drug-likeness (QED) is 0.403. The van der Waals surface area contributed by atoms with Gasteiger partial charge in [-0.1, -0.05) is 6.07 Å². The SMILES string of the molecule is CC(=O)Nc1ccc(N(O)C(=O)C[n+]2ccccc2)cc1.[Cl-]. The number of rotatable bonds is 4. The number of nitrogens with zero attached hydrogens (tertiary/aromatic N) is 2. The Balaban J connectivity index is 0.00000242. The van der Waals surface area contributed by atoms with Crippen molar-refractivity contribution < 1.29 is 31.8 Å². The molecule has 0 aliphatic carbocycles. The van der Waals surface area contributed by atoms with Gasteiger partial charge in [0, 0.05) is 24.7 Å². The summed E-state index contributed by atoms with van der Waals surface area (Å²) in [6.45, 7) is 1.44. The summed E-state index contributed by atoms with van der Waals surface area (Å²) in [6, 6.07) is 11.8. The third kappa shape index (κ3) is 4.83. The summed E-state index contributed by atoms with van der Waals surface area (Å²) in [7, 11) is 0. The lowest BCUT2D eigenvalue weighted by Gasteiger charge is -2.13. The van der Waals surface area contributed by atoms with Crippen LogP contribution < -0.4 is 27.4 Å². The van der Waals surface area contributed by atoms with Crippen molar-refractivity contribution in [2.24, 2.45) is 0 Å². The summed E-state index contributed by atoms with van der Waals surface area (Å²) in [6.07, 6.45) is 3.48. The van der Waals surface area contributed by atoms with Gasteiger partial charge in [0.25, 0.3) is 0 Å². The average molecular weight is 322 g/mol. The van der Waals surface area contributed by atoms with Gasteiger partial charge in [-0.3, -0.25) is 14.8 Å². The van der Waals surface area contributed by atoms with Crippen LogP contribution in [0.3, 0.4) is 0 Å². The van der Waals surface area contributed by atoms with E-state index in [2.05, 4.69) is 5.32 Å². The normalized spacial score (nSPS) is 9.55. The lowest BCUT2D eigenvalue weighted by molar-refractivity contribution is -0.684. The summed E-state index contributed by atoms with van der Waals surface area (Å²) in [5.41, 5.74) is 0.940. The number of carbonyl (C=O) groups is 2. The molecule has 0 atom stereocenters. The molecule has 2 N–H and O–H groups in total. The fraction of sp³-hybridized carbons (Fsp3) is 0.133. The van der Waals surface area contributed by atoms with Crippen LogP contribution in [0.15, 0.2) is 54.9 Å². The predicted octanol–water partition coefficient (Wildman–Crippen LogP) is -1.64. The van der Waals surface area contributed by atoms with Crippen LogP contribution in [0.4, 0.5) is 11.4 Å². The highest BCUT2D eigenvalue weighted by atomic mass is 35.5. The lowest BCUT2D eigenvalue weighted by Crippen LogP contribution is -3.00. The smallest absolute Gasteiger partial charge is 0.316 e. The zero-order chi connectivity index (χ0) is 15.2. The topological polar surface area (TPSA) is 73.5 Å². The molecular weight excluding hydrogens is 306 g/mol. The number of amides is 2. The molecule has 0 saturated carbocycles. The van der Waals surface area contributed by atoms with E-state index in [1.165, 1.54) is 6.92 Å². The number of anilines is 2. The van der Waals surface area contributed by atoms with Crippen LogP contribution in [0.2, 0.25) is 0 Å². The molecule has 1 heterocycles. The minimum atomic E-state index is -0.460. The molecule has 0 radical (unpaired) electrons. The first-order chi connectivity index (χ1) is 10.1. The Morgan fingerprint density at radius 2 is 1.73 bits per heavy atom. The molecule has 0 aliphatic heterocycles. The van der Waals surface area contributed by atoms with Gasteiger partial charge in [0.05, 0.1) is 5.69 Å². The van der Waals surface area contributed by atoms with Gasteiger partial charge < -0.3 is 17.7 Å². The molecule has 7 heteroatoms. The van der Waals surface area contributed by atoms with E-state index in [-0.39, 0.29) is 24.9 Å². The Morgan fingerprint density at radius 3 is 2.27 bits per heavy atom. The Labute approximate surface area is 134 Å². The molecular formula is C15H16ClN3O3. The van der Waals surface area contributed by atoms with E-state index in [0.29, 0.717) is 16.4 Å². The van der Waals surface area contributed by atoms with Gasteiger partial charge >= 0.3 is 5.91 Å². The van der Waals surface area contributed by atoms with Gasteiger partial charge in [0.1, 0.15) is 0 Å². The van der Waals surface area contributed by atoms with Crippen molar-refractivity contribution in [3.63, 3.8) is 0 Å². The summed E-state index contributed by atoms with van der Waals surface area (Å²) in [5.74, 6) is -0.640. The average Bonchev–Trinajstić information content (AvgIpc) is 2.47. The highest BCUT2D eigenvalue weighted by Crippen LogP contribution is 2.16. The van der Waals surface area contributed by atoms with Crippen molar-refractivity contribution in [1.29, 1.82) is 0 Å². The number of hydrogen-bond acceptors (Lipinski definition) is 3. The van der Waals surface area contributed by atoms with Gasteiger partial charge in [-0.15, -0.1) is 0 Å². The van der Waals surface area contributed by atoms with Crippen molar-refractivity contribution in [2.75, 3.05) is 10.4 Å². The first-order valence-electron chi connectivity index (χ1n) is 6.40. The second kappa shape index (κ2) is 8.11. The van der Waals surface area contributed by atoms with E-state index >= 15 is 0 Å². The molecule has 0 fully saturated rings. The molecule has 1 aromatic carbocycles. The summed E-state index contributed by atoms with van der Waals surface area (Å²) < 4.78 is 1.66. The Morgan fingerprint density at radius 1 is 1.14 bits per heavy atom. The van der Waals surface area contributed by atoms with Gasteiger partial charge in [-0.05, 0) is 24.3 Å². The number of pyridine rings is 1. The Bertz CT molecular complexity index is 632. The molecule has 0 aliphatic rings. The number of aromatic nitrogens is 1. The minimum Gasteiger partial charge on any atom is -1.00 e. The molecule has 0 saturated heterocycles. The predicted molar refractivity (Wildman–Crippen MR) is 76.7 cm³/mol. The van der Waals surface area contributed by atoms with Gasteiger partial charge in [0.2, 0.25) is 12.5 Å². The molecule has 0 unspecified atom stereocenters. The monoisotopic (exact) mass is 321 g/mol. The zero-order valence-corrected chi connectivity index (χ0v) is 12.7. The molecule has 6 nitrogen and oxygen atoms in total. The molecule has 0 bridgehead atoms. The van der Waals surface area contributed by atoms with Crippen LogP contribution in [0.5, 0.6) is 0 Å². The van der Waals surface area contributed by atoms with E-state index in [1.807, 2.05) is 6.07 Å². The van der Waals surface area contributed by atoms with Gasteiger partial charge in [-0.2, -0.15) is 9.63 Å². The number of benzene rings is 1. The standard InChI is InChI=1S/C15H15N3O3.ClH/c1-12(19)16-13-5-7-14(8-6-13)18(21)15(20)11-17-9-3-2-4-10-17;/h2-10,21H,11H2,1H3;1H. The summed E-state index contributed by atoms with van der Waals surface area (Å²) >= 11 is 0. The van der Waals surface area contributed by atoms with Gasteiger partial charge in [0.15, 0.2) is 12.4 Å². The van der Waals surface area contributed by atoms with Crippen molar-refractivity contribution in [2.45, 2.75) is 13.5 Å². The fourth-order valence-electron chi connectivity index (χ4n) is 1.80. The van der Waals surface area contributed by atoms with E-state index in [0.717, 1.165) is 0 Å². The third-order valence-corrected chi connectivity index (χ3v) is 2.76. The molecule has 0 spiro atoms. The zero-order valence-electron chi connectivity index (χ0n) is 11.9. The van der Waals surface area contributed by atoms with Crippen LogP contribution in [0, 0.1) is 0 Å². The van der Waals surface area contributed by atoms with Crippen LogP contribution in [0.1, 0.15) is 6.92 Å². The van der Waals surface area contributed by atoms with E-state index in [1.54, 1.807) is 53.4 Å². The number of nitrogens with one attached hydrogen (secondary N) is 1. The third-order valence-electron chi connectivity index (χ3n) is 2.76. The van der Waals surface area contributed by atoms with E-state index in [4.69, 9.17) is 0 Å². The second-order valence-corrected chi connectivity index (χ2v) is 4.48. The minimum absolute atomic E-state index is 0. The highest BCUT2D eigenvalue weighted by molar-refractivity contribution is 5.91. The van der Waals surface area contributed by atoms with Crippen molar-refractivity contribution >= 4 is 23.2 Å². The maximum absolute atomic E-state index is 12.0. The molecule has 22 heavy (non-hydrogen) atoms. The second-order valence-electron chi connectivity index (χ2n) is 4.48. The molecule has 2 aromatic rings. The molecule has 2 amide bonds. The summed E-state index contributed by atoms with van der Waals surface area (Å²) in [4.78, 5) is 22.9. The Hall–Kier alpha value is -2.44. The van der Waals surface area contributed by atoms with Crippen molar-refractivity contribution in [1.82, 2.24) is 0 Å². The van der Waals surface area contributed by atoms with E-state index in [9.17, 15) is 14.8 Å². The van der Waals surface area contributed by atoms with Crippen LogP contribution in [-0.2, 0) is 16.1 Å². The largest absolute Gasteiger partial charge is 1.00 e. The van der Waals surface area contributed by atoms with E-state index < -0.39 is 5.91 Å². The molecule has 2 rings (SSSR count). The lowest BCUT2D eigenvalue weighted by atomic mass is 10.2. The summed E-state index contributed by atoms with van der Waals surface area (Å²) in [5, 5.41) is 13.1. The van der Waals surface area contributed by atoms with Crippen molar-refractivity contribution in [3.05, 3.63) is 54.9 Å². The first-order valence-corrected chi connectivity index (χ1v) is 6.40. The molecule has 1 aromatic heterocycles. The first kappa shape index (κ1) is 17.6. The van der Waals surface area contributed by atoms with Gasteiger partial charge in [-0.25, -0.2) is 0 Å². The van der Waals surface area contributed by atoms with Crippen LogP contribution >= 0.6 is 0 Å². The highest BCUT2D eigenvalue weighted by Gasteiger charge is 2.17. The van der Waals surface area contributed by atoms with Crippen LogP contribution in [-0.4, -0.2) is 17.0 Å². The Kier molecular flexibility index (Phi) is 6.49. The molecule has 116 valence electrons. The number of hydroxylamine groups is 1. The van der Waals surface area contributed by atoms with Crippen molar-refractivity contribution in [3.8, 4) is 0 Å². The number of hydrogen-bond donors (Lipinski definition) is 2. The maximum Gasteiger partial charge on any atom is 0.316 e. The number of carbonyl (C=O) groups excluding carboxylic acids is 2. The number of halogens is 1.